The topological polar surface area (TPSA) is 92.9 Å². The highest BCUT2D eigenvalue weighted by Crippen LogP contribution is 2.12. The summed E-state index contributed by atoms with van der Waals surface area (Å²) in [5.41, 5.74) is 2.04. The van der Waals surface area contributed by atoms with Crippen LogP contribution in [0.5, 0.6) is 0 Å². The Bertz CT molecular complexity index is 790. The zero-order valence-corrected chi connectivity index (χ0v) is 12.9. The van der Waals surface area contributed by atoms with Gasteiger partial charge in [0, 0.05) is 13.0 Å². The van der Waals surface area contributed by atoms with Crippen molar-refractivity contribution in [1.29, 1.82) is 0 Å². The predicted molar refractivity (Wildman–Crippen MR) is 87.6 cm³/mol. The van der Waals surface area contributed by atoms with E-state index in [0.29, 0.717) is 17.7 Å². The summed E-state index contributed by atoms with van der Waals surface area (Å²) in [6.07, 6.45) is 1.25. The number of rotatable bonds is 6. The van der Waals surface area contributed by atoms with Crippen LogP contribution in [0.2, 0.25) is 0 Å². The summed E-state index contributed by atoms with van der Waals surface area (Å²) in [5.74, 6) is -0.284. The van der Waals surface area contributed by atoms with Gasteiger partial charge in [-0.25, -0.2) is 0 Å². The second kappa shape index (κ2) is 7.47. The quantitative estimate of drug-likeness (QED) is 0.706. The van der Waals surface area contributed by atoms with Crippen molar-refractivity contribution >= 4 is 5.91 Å². The molecule has 0 aliphatic carbocycles. The molecule has 2 N–H and O–H groups in total. The van der Waals surface area contributed by atoms with Gasteiger partial charge in [-0.05, 0) is 28.1 Å². The number of aromatic nitrogens is 4. The Morgan fingerprint density at radius 3 is 2.62 bits per heavy atom. The van der Waals surface area contributed by atoms with Gasteiger partial charge in [-0.15, -0.1) is 5.10 Å². The highest BCUT2D eigenvalue weighted by Gasteiger charge is 2.14. The summed E-state index contributed by atoms with van der Waals surface area (Å²) in [7, 11) is 0. The molecule has 1 heterocycles. The minimum atomic E-state index is -0.656. The van der Waals surface area contributed by atoms with Crippen LogP contribution in [0.4, 0.5) is 0 Å². The molecule has 1 aromatic heterocycles. The highest BCUT2D eigenvalue weighted by atomic mass is 16.3. The van der Waals surface area contributed by atoms with Gasteiger partial charge < -0.3 is 10.4 Å². The molecule has 122 valence electrons. The van der Waals surface area contributed by atoms with Crippen LogP contribution in [-0.4, -0.2) is 43.9 Å². The van der Waals surface area contributed by atoms with Crippen LogP contribution >= 0.6 is 0 Å². The van der Waals surface area contributed by atoms with Crippen molar-refractivity contribution in [3.63, 3.8) is 0 Å². The molecule has 7 nitrogen and oxygen atoms in total. The van der Waals surface area contributed by atoms with Gasteiger partial charge in [-0.2, -0.15) is 4.68 Å². The van der Waals surface area contributed by atoms with E-state index in [9.17, 15) is 9.90 Å². The Labute approximate surface area is 138 Å². The smallest absolute Gasteiger partial charge is 0.253 e. The van der Waals surface area contributed by atoms with Crippen molar-refractivity contribution in [2.24, 2.45) is 0 Å². The number of amides is 1. The first kappa shape index (κ1) is 15.8. The van der Waals surface area contributed by atoms with Crippen LogP contribution < -0.4 is 5.32 Å². The fourth-order valence-electron chi connectivity index (χ4n) is 2.40. The maximum atomic E-state index is 12.4. The molecular formula is C17H17N5O2. The molecule has 0 spiro atoms. The average Bonchev–Trinajstić information content (AvgIpc) is 3.15. The number of aliphatic hydroxyl groups excluding tert-OH is 1. The number of nitrogens with zero attached hydrogens (tertiary/aromatic N) is 4. The first-order valence-electron chi connectivity index (χ1n) is 7.56. The molecule has 0 saturated heterocycles. The molecule has 0 aliphatic heterocycles. The van der Waals surface area contributed by atoms with E-state index < -0.39 is 6.10 Å². The van der Waals surface area contributed by atoms with Crippen LogP contribution in [0.1, 0.15) is 15.9 Å². The fourth-order valence-corrected chi connectivity index (χ4v) is 2.40. The molecule has 24 heavy (non-hydrogen) atoms. The van der Waals surface area contributed by atoms with Crippen molar-refractivity contribution < 1.29 is 9.90 Å². The maximum absolute atomic E-state index is 12.4. The van der Waals surface area contributed by atoms with Gasteiger partial charge in [-0.3, -0.25) is 4.79 Å². The van der Waals surface area contributed by atoms with E-state index >= 15 is 0 Å². The van der Waals surface area contributed by atoms with Crippen LogP contribution in [-0.2, 0) is 6.42 Å². The van der Waals surface area contributed by atoms with E-state index in [0.717, 1.165) is 5.56 Å². The van der Waals surface area contributed by atoms with Crippen LogP contribution in [0.15, 0.2) is 60.9 Å². The highest BCUT2D eigenvalue weighted by molar-refractivity contribution is 5.97. The third-order valence-corrected chi connectivity index (χ3v) is 3.56. The molecule has 1 amide bonds. The summed E-state index contributed by atoms with van der Waals surface area (Å²) in [6, 6.07) is 16.7. The van der Waals surface area contributed by atoms with E-state index in [4.69, 9.17) is 0 Å². The lowest BCUT2D eigenvalue weighted by atomic mass is 10.1. The van der Waals surface area contributed by atoms with Gasteiger partial charge in [-0.1, -0.05) is 42.5 Å². The molecule has 0 aliphatic rings. The minimum Gasteiger partial charge on any atom is -0.391 e. The number of tetrazole rings is 1. The zero-order valence-electron chi connectivity index (χ0n) is 12.9. The summed E-state index contributed by atoms with van der Waals surface area (Å²) in [5, 5.41) is 23.8. The van der Waals surface area contributed by atoms with Crippen molar-refractivity contribution in [1.82, 2.24) is 25.5 Å². The van der Waals surface area contributed by atoms with Crippen molar-refractivity contribution in [3.05, 3.63) is 72.1 Å². The number of hydrogen-bond acceptors (Lipinski definition) is 5. The molecule has 0 radical (unpaired) electrons. The third kappa shape index (κ3) is 3.82. The van der Waals surface area contributed by atoms with Gasteiger partial charge in [0.05, 0.1) is 17.4 Å². The normalized spacial score (nSPS) is 11.9. The molecule has 2 aromatic carbocycles. The molecule has 3 aromatic rings. The van der Waals surface area contributed by atoms with E-state index in [1.54, 1.807) is 24.3 Å². The monoisotopic (exact) mass is 323 g/mol. The average molecular weight is 323 g/mol. The molecular weight excluding hydrogens is 306 g/mol. The zero-order chi connectivity index (χ0) is 16.8. The second-order valence-corrected chi connectivity index (χ2v) is 5.33. The Kier molecular flexibility index (Phi) is 4.93. The van der Waals surface area contributed by atoms with Gasteiger partial charge in [0.1, 0.15) is 6.33 Å². The number of benzene rings is 2. The van der Waals surface area contributed by atoms with E-state index in [1.807, 2.05) is 30.3 Å². The second-order valence-electron chi connectivity index (χ2n) is 5.33. The molecule has 0 bridgehead atoms. The fraction of sp³-hybridized carbons (Fsp3) is 0.176. The number of para-hydroxylation sites is 1. The number of nitrogens with one attached hydrogen (secondary N) is 1. The van der Waals surface area contributed by atoms with Crippen LogP contribution in [0.3, 0.4) is 0 Å². The first-order chi connectivity index (χ1) is 11.7. The molecule has 0 saturated carbocycles. The van der Waals surface area contributed by atoms with Gasteiger partial charge in [0.15, 0.2) is 0 Å². The SMILES string of the molecule is O=C(NCC(O)Cc1ccccc1)c1ccccc1-n1cnnn1. The predicted octanol–water partition coefficient (Wildman–Crippen LogP) is 0.996. The number of carbonyl (C=O) groups excluding carboxylic acids is 1. The lowest BCUT2D eigenvalue weighted by Gasteiger charge is -2.13. The lowest BCUT2D eigenvalue weighted by Crippen LogP contribution is -2.33. The summed E-state index contributed by atoms with van der Waals surface area (Å²) in [6.45, 7) is 0.164. The lowest BCUT2D eigenvalue weighted by molar-refractivity contribution is 0.0916. The van der Waals surface area contributed by atoms with Crippen molar-refractivity contribution in [2.75, 3.05) is 6.54 Å². The van der Waals surface area contributed by atoms with E-state index in [1.165, 1.54) is 11.0 Å². The Balaban J connectivity index is 1.64. The van der Waals surface area contributed by atoms with Gasteiger partial charge in [0.2, 0.25) is 0 Å². The number of hydrogen-bond donors (Lipinski definition) is 2. The Morgan fingerprint density at radius 2 is 1.88 bits per heavy atom. The van der Waals surface area contributed by atoms with Gasteiger partial charge >= 0.3 is 0 Å². The molecule has 1 atom stereocenters. The van der Waals surface area contributed by atoms with E-state index in [-0.39, 0.29) is 12.5 Å². The Morgan fingerprint density at radius 1 is 1.12 bits per heavy atom. The molecule has 0 fully saturated rings. The maximum Gasteiger partial charge on any atom is 0.253 e. The van der Waals surface area contributed by atoms with Crippen LogP contribution in [0, 0.1) is 0 Å². The largest absolute Gasteiger partial charge is 0.391 e. The van der Waals surface area contributed by atoms with Crippen LogP contribution in [0.25, 0.3) is 5.69 Å². The van der Waals surface area contributed by atoms with Crippen molar-refractivity contribution in [3.8, 4) is 5.69 Å². The van der Waals surface area contributed by atoms with Gasteiger partial charge in [0.25, 0.3) is 5.91 Å². The Hall–Kier alpha value is -3.06. The molecule has 7 heteroatoms. The molecule has 1 unspecified atom stereocenters. The summed E-state index contributed by atoms with van der Waals surface area (Å²) < 4.78 is 1.43. The number of aliphatic hydroxyl groups is 1. The van der Waals surface area contributed by atoms with E-state index in [2.05, 4.69) is 20.8 Å². The summed E-state index contributed by atoms with van der Waals surface area (Å²) >= 11 is 0. The molecule has 3 rings (SSSR count). The number of carbonyl (C=O) groups is 1. The van der Waals surface area contributed by atoms with Crippen molar-refractivity contribution in [2.45, 2.75) is 12.5 Å². The third-order valence-electron chi connectivity index (χ3n) is 3.56. The summed E-state index contributed by atoms with van der Waals surface area (Å²) in [4.78, 5) is 12.4. The standard InChI is InChI=1S/C17H17N5O2/c23-14(10-13-6-2-1-3-7-13)11-18-17(24)15-8-4-5-9-16(15)22-12-19-20-21-22/h1-9,12,14,23H,10-11H2,(H,18,24). The first-order valence-corrected chi connectivity index (χ1v) is 7.56. The minimum absolute atomic E-state index is 0.164.